The van der Waals surface area contributed by atoms with Gasteiger partial charge in [0, 0.05) is 38.4 Å². The van der Waals surface area contributed by atoms with Gasteiger partial charge in [0.05, 0.1) is 0 Å². The van der Waals surface area contributed by atoms with E-state index in [1.165, 1.54) is 44.5 Å². The maximum absolute atomic E-state index is 4.69. The number of hydrogen-bond acceptors (Lipinski definition) is 2. The molecular formula is C48H44IrN2-2. The number of pyridine rings is 2. The zero-order valence-electron chi connectivity index (χ0n) is 30.0. The van der Waals surface area contributed by atoms with Crippen LogP contribution in [0.5, 0.6) is 0 Å². The predicted molar refractivity (Wildman–Crippen MR) is 209 cm³/mol. The Morgan fingerprint density at radius 3 is 1.90 bits per heavy atom. The third kappa shape index (κ3) is 9.85. The van der Waals surface area contributed by atoms with Crippen LogP contribution < -0.4 is 0 Å². The van der Waals surface area contributed by atoms with E-state index in [-0.39, 0.29) is 25.5 Å². The van der Waals surface area contributed by atoms with Crippen LogP contribution in [0.4, 0.5) is 0 Å². The van der Waals surface area contributed by atoms with Crippen molar-refractivity contribution in [2.45, 2.75) is 52.4 Å². The first-order chi connectivity index (χ1) is 24.2. The van der Waals surface area contributed by atoms with Crippen molar-refractivity contribution >= 4 is 0 Å². The van der Waals surface area contributed by atoms with Crippen molar-refractivity contribution < 1.29 is 20.1 Å². The van der Waals surface area contributed by atoms with Gasteiger partial charge in [-0.1, -0.05) is 131 Å². The maximum atomic E-state index is 4.69. The Kier molecular flexibility index (Phi) is 12.7. The van der Waals surface area contributed by atoms with Gasteiger partial charge in [0.1, 0.15) is 0 Å². The largest absolute Gasteiger partial charge is 0.305 e. The Bertz CT molecular complexity index is 2140. The molecular weight excluding hydrogens is 797 g/mol. The molecule has 0 aliphatic carbocycles. The summed E-state index contributed by atoms with van der Waals surface area (Å²) in [5.74, 6) is 0.324. The minimum Gasteiger partial charge on any atom is -0.305 e. The van der Waals surface area contributed by atoms with Crippen LogP contribution in [0.25, 0.3) is 33.6 Å². The smallest absolute Gasteiger partial charge is 0.0193 e. The van der Waals surface area contributed by atoms with Gasteiger partial charge in [-0.15, -0.1) is 70.8 Å². The SMILES string of the molecule is CC(C)(C)c1cc[c-]c(-c2cc(Cc3ccccc3)ccn2)c1.Cc1cnc(-c2[c-]ccc(-c3ccccc3)c2)cc1C(C)c1ccccc1.[Ir]. The minimum atomic E-state index is 0. The summed E-state index contributed by atoms with van der Waals surface area (Å²) in [5, 5.41) is 0. The van der Waals surface area contributed by atoms with E-state index in [0.29, 0.717) is 5.92 Å². The molecule has 3 heteroatoms. The fourth-order valence-corrected chi connectivity index (χ4v) is 6.14. The van der Waals surface area contributed by atoms with Gasteiger partial charge < -0.3 is 9.97 Å². The molecule has 0 amide bonds. The average Bonchev–Trinajstić information content (AvgIpc) is 3.16. The molecule has 0 saturated heterocycles. The Morgan fingerprint density at radius 2 is 1.22 bits per heavy atom. The molecule has 1 radical (unpaired) electrons. The van der Waals surface area contributed by atoms with E-state index in [9.17, 15) is 0 Å². The van der Waals surface area contributed by atoms with Gasteiger partial charge in [0.15, 0.2) is 0 Å². The van der Waals surface area contributed by atoms with Crippen molar-refractivity contribution in [3.05, 3.63) is 203 Å². The molecule has 7 aromatic rings. The standard InChI is InChI=1S/C26H22N.C22H22N.Ir/c1-19-18-27-26(17-25(19)20(2)21-10-5-3-6-11-21)24-15-9-14-23(16-24)22-12-7-4-8-13-22;1-22(2,3)20-11-7-10-19(16-20)21-15-18(12-13-23-21)14-17-8-5-4-6-9-17;/h3-14,16-18,20H,1-2H3;4-9,11-13,15-16H,14H2,1-3H3;/q2*-1;. The number of aryl methyl sites for hydroxylation is 1. The number of nitrogens with zero attached hydrogens (tertiary/aromatic N) is 2. The summed E-state index contributed by atoms with van der Waals surface area (Å²) in [6, 6.07) is 57.3. The third-order valence-electron chi connectivity index (χ3n) is 9.11. The summed E-state index contributed by atoms with van der Waals surface area (Å²) >= 11 is 0. The first-order valence-electron chi connectivity index (χ1n) is 17.3. The summed E-state index contributed by atoms with van der Waals surface area (Å²) in [6.07, 6.45) is 4.80. The van der Waals surface area contributed by atoms with Crippen LogP contribution in [0.3, 0.4) is 0 Å². The molecule has 257 valence electrons. The van der Waals surface area contributed by atoms with E-state index in [1.54, 1.807) is 0 Å². The van der Waals surface area contributed by atoms with Crippen molar-refractivity contribution in [3.63, 3.8) is 0 Å². The molecule has 1 unspecified atom stereocenters. The molecule has 7 rings (SSSR count). The number of rotatable bonds is 7. The second kappa shape index (κ2) is 17.3. The summed E-state index contributed by atoms with van der Waals surface area (Å²) in [6.45, 7) is 11.1. The second-order valence-corrected chi connectivity index (χ2v) is 13.9. The molecule has 0 aliphatic rings. The molecule has 0 fully saturated rings. The fraction of sp³-hybridized carbons (Fsp3) is 0.167. The molecule has 51 heavy (non-hydrogen) atoms. The minimum absolute atomic E-state index is 0. The van der Waals surface area contributed by atoms with Gasteiger partial charge in [-0.25, -0.2) is 0 Å². The van der Waals surface area contributed by atoms with Gasteiger partial charge >= 0.3 is 0 Å². The van der Waals surface area contributed by atoms with E-state index < -0.39 is 0 Å². The molecule has 0 bridgehead atoms. The molecule has 1 atom stereocenters. The zero-order valence-corrected chi connectivity index (χ0v) is 32.4. The van der Waals surface area contributed by atoms with Crippen LogP contribution in [-0.4, -0.2) is 9.97 Å². The van der Waals surface area contributed by atoms with Gasteiger partial charge in [0.2, 0.25) is 0 Å². The molecule has 5 aromatic carbocycles. The first kappa shape index (κ1) is 37.3. The van der Waals surface area contributed by atoms with Gasteiger partial charge in [-0.05, 0) is 69.6 Å². The van der Waals surface area contributed by atoms with Crippen molar-refractivity contribution in [2.75, 3.05) is 0 Å². The summed E-state index contributed by atoms with van der Waals surface area (Å²) in [7, 11) is 0. The molecule has 2 nitrogen and oxygen atoms in total. The van der Waals surface area contributed by atoms with E-state index in [2.05, 4.69) is 184 Å². The van der Waals surface area contributed by atoms with Crippen molar-refractivity contribution in [1.82, 2.24) is 9.97 Å². The maximum Gasteiger partial charge on any atom is 0.0193 e. The fourth-order valence-electron chi connectivity index (χ4n) is 6.14. The molecule has 0 aliphatic heterocycles. The van der Waals surface area contributed by atoms with Crippen LogP contribution >= 0.6 is 0 Å². The van der Waals surface area contributed by atoms with E-state index in [4.69, 9.17) is 0 Å². The van der Waals surface area contributed by atoms with Gasteiger partial charge in [-0.3, -0.25) is 0 Å². The average molecular weight is 841 g/mol. The zero-order chi connectivity index (χ0) is 34.9. The first-order valence-corrected chi connectivity index (χ1v) is 17.3. The predicted octanol–water partition coefficient (Wildman–Crippen LogP) is 12.1. The third-order valence-corrected chi connectivity index (χ3v) is 9.11. The number of hydrogen-bond donors (Lipinski definition) is 0. The topological polar surface area (TPSA) is 25.8 Å². The molecule has 2 heterocycles. The number of aromatic nitrogens is 2. The van der Waals surface area contributed by atoms with Gasteiger partial charge in [0.25, 0.3) is 0 Å². The monoisotopic (exact) mass is 841 g/mol. The summed E-state index contributed by atoms with van der Waals surface area (Å²) in [4.78, 5) is 9.23. The Morgan fingerprint density at radius 1 is 0.608 bits per heavy atom. The van der Waals surface area contributed by atoms with Gasteiger partial charge in [-0.2, -0.15) is 0 Å². The molecule has 2 aromatic heterocycles. The van der Waals surface area contributed by atoms with E-state index >= 15 is 0 Å². The van der Waals surface area contributed by atoms with Crippen LogP contribution in [0.2, 0.25) is 0 Å². The van der Waals surface area contributed by atoms with Crippen molar-refractivity contribution in [2.24, 2.45) is 0 Å². The van der Waals surface area contributed by atoms with Crippen molar-refractivity contribution in [1.29, 1.82) is 0 Å². The van der Waals surface area contributed by atoms with Crippen LogP contribution in [0, 0.1) is 19.1 Å². The number of benzene rings is 5. The van der Waals surface area contributed by atoms with Crippen molar-refractivity contribution in [3.8, 4) is 33.6 Å². The normalized spacial score (nSPS) is 11.5. The Balaban J connectivity index is 0.000000196. The Labute approximate surface area is 318 Å². The summed E-state index contributed by atoms with van der Waals surface area (Å²) in [5.41, 5.74) is 14.3. The molecule has 0 saturated carbocycles. The van der Waals surface area contributed by atoms with Crippen LogP contribution in [-0.2, 0) is 31.9 Å². The Hall–Kier alpha value is -4.95. The molecule has 0 spiro atoms. The quantitative estimate of drug-likeness (QED) is 0.149. The van der Waals surface area contributed by atoms with Crippen LogP contribution in [0.15, 0.2) is 158 Å². The van der Waals surface area contributed by atoms with E-state index in [1.807, 2.05) is 30.6 Å². The second-order valence-electron chi connectivity index (χ2n) is 13.9. The molecule has 0 N–H and O–H groups in total. The van der Waals surface area contributed by atoms with Crippen LogP contribution in [0.1, 0.15) is 67.0 Å². The summed E-state index contributed by atoms with van der Waals surface area (Å²) < 4.78 is 0. The van der Waals surface area contributed by atoms with E-state index in [0.717, 1.165) is 28.9 Å².